The third-order valence-electron chi connectivity index (χ3n) is 6.58. The van der Waals surface area contributed by atoms with Gasteiger partial charge in [0.15, 0.2) is 0 Å². The average molecular weight is 472 g/mol. The molecule has 2 aromatic carbocycles. The Morgan fingerprint density at radius 2 is 1.88 bits per heavy atom. The number of benzene rings is 2. The van der Waals surface area contributed by atoms with Crippen LogP contribution in [0.5, 0.6) is 5.75 Å². The molecule has 1 N–H and O–H groups in total. The van der Waals surface area contributed by atoms with Gasteiger partial charge in [-0.25, -0.2) is 8.42 Å². The Morgan fingerprint density at radius 1 is 1.18 bits per heavy atom. The van der Waals surface area contributed by atoms with Gasteiger partial charge in [0.2, 0.25) is 21.8 Å². The summed E-state index contributed by atoms with van der Waals surface area (Å²) in [4.78, 5) is 27.1. The minimum atomic E-state index is -3.91. The van der Waals surface area contributed by atoms with Crippen LogP contribution in [0.15, 0.2) is 47.4 Å². The number of hydrogen-bond acceptors (Lipinski definition) is 5. The first-order chi connectivity index (χ1) is 15.6. The Morgan fingerprint density at radius 3 is 2.55 bits per heavy atom. The maximum atomic E-state index is 13.5. The van der Waals surface area contributed by atoms with Crippen LogP contribution in [0.2, 0.25) is 0 Å². The lowest BCUT2D eigenvalue weighted by atomic mass is 9.86. The molecule has 2 aliphatic rings. The van der Waals surface area contributed by atoms with Gasteiger partial charge in [-0.3, -0.25) is 9.59 Å². The molecule has 8 nitrogen and oxygen atoms in total. The van der Waals surface area contributed by atoms with Crippen molar-refractivity contribution in [1.29, 1.82) is 0 Å². The lowest BCUT2D eigenvalue weighted by Gasteiger charge is -2.24. The molecule has 1 saturated heterocycles. The molecule has 0 spiro atoms. The highest BCUT2D eigenvalue weighted by Crippen LogP contribution is 2.42. The molecule has 0 bridgehead atoms. The van der Waals surface area contributed by atoms with Crippen LogP contribution in [-0.2, 0) is 31.6 Å². The van der Waals surface area contributed by atoms with Crippen LogP contribution in [0.1, 0.15) is 37.8 Å². The number of amides is 2. The van der Waals surface area contributed by atoms with Crippen molar-refractivity contribution in [3.05, 3.63) is 53.6 Å². The summed E-state index contributed by atoms with van der Waals surface area (Å²) >= 11 is 0. The number of anilines is 1. The molecule has 0 aliphatic carbocycles. The number of nitrogens with zero attached hydrogens (tertiary/aromatic N) is 2. The minimum absolute atomic E-state index is 0.0796. The van der Waals surface area contributed by atoms with Gasteiger partial charge in [0.1, 0.15) is 11.8 Å². The zero-order valence-electron chi connectivity index (χ0n) is 19.3. The number of rotatable bonds is 6. The number of fused-ring (bicyclic) bond motifs is 1. The van der Waals surface area contributed by atoms with E-state index in [1.165, 1.54) is 10.4 Å². The number of likely N-dealkylation sites (N-methyl/N-ethyl adjacent to an activating group) is 1. The Hall–Kier alpha value is -2.91. The van der Waals surface area contributed by atoms with E-state index in [1.807, 2.05) is 24.3 Å². The van der Waals surface area contributed by atoms with Crippen molar-refractivity contribution in [3.8, 4) is 5.75 Å². The van der Waals surface area contributed by atoms with Gasteiger partial charge in [0, 0.05) is 25.8 Å². The van der Waals surface area contributed by atoms with Crippen LogP contribution in [-0.4, -0.2) is 51.3 Å². The number of methoxy groups -OCH3 is 1. The minimum Gasteiger partial charge on any atom is -0.497 e. The lowest BCUT2D eigenvalue weighted by Crippen LogP contribution is -2.45. The second-order valence-electron chi connectivity index (χ2n) is 9.01. The van der Waals surface area contributed by atoms with E-state index in [0.29, 0.717) is 30.6 Å². The summed E-state index contributed by atoms with van der Waals surface area (Å²) in [6.45, 7) is 4.16. The van der Waals surface area contributed by atoms with Crippen LogP contribution >= 0.6 is 0 Å². The maximum absolute atomic E-state index is 13.5. The summed E-state index contributed by atoms with van der Waals surface area (Å²) in [5.74, 6) is 0.329. The van der Waals surface area contributed by atoms with Gasteiger partial charge < -0.3 is 15.0 Å². The van der Waals surface area contributed by atoms with Gasteiger partial charge in [-0.05, 0) is 68.1 Å². The molecule has 1 unspecified atom stereocenters. The third kappa shape index (κ3) is 4.00. The van der Waals surface area contributed by atoms with Gasteiger partial charge in [0.05, 0.1) is 17.4 Å². The molecular weight excluding hydrogens is 442 g/mol. The van der Waals surface area contributed by atoms with Crippen LogP contribution < -0.4 is 15.0 Å². The van der Waals surface area contributed by atoms with E-state index >= 15 is 0 Å². The number of carbonyl (C=O) groups is 2. The van der Waals surface area contributed by atoms with E-state index in [-0.39, 0.29) is 23.3 Å². The quantitative estimate of drug-likeness (QED) is 0.698. The van der Waals surface area contributed by atoms with E-state index in [1.54, 1.807) is 45.0 Å². The highest BCUT2D eigenvalue weighted by atomic mass is 32.2. The van der Waals surface area contributed by atoms with E-state index in [0.717, 1.165) is 11.3 Å². The highest BCUT2D eigenvalue weighted by Gasteiger charge is 2.44. The molecule has 0 aromatic heterocycles. The molecule has 176 valence electrons. The first-order valence-corrected chi connectivity index (χ1v) is 12.4. The summed E-state index contributed by atoms with van der Waals surface area (Å²) in [7, 11) is -0.630. The van der Waals surface area contributed by atoms with Crippen molar-refractivity contribution < 1.29 is 22.7 Å². The van der Waals surface area contributed by atoms with Gasteiger partial charge in [-0.15, -0.1) is 0 Å². The maximum Gasteiger partial charge on any atom is 0.243 e. The van der Waals surface area contributed by atoms with Crippen molar-refractivity contribution in [2.24, 2.45) is 0 Å². The number of hydrogen-bond donors (Lipinski definition) is 1. The standard InChI is InChI=1S/C24H29N3O5S/c1-24(2)19-14-18(11-12-20(19)26(3)23(24)29)33(30,31)27-13-5-6-21(27)22(28)25-15-16-7-9-17(32-4)10-8-16/h7-12,14,21H,5-6,13,15H2,1-4H3,(H,25,28). The normalized spacial score (nSPS) is 20.1. The molecule has 2 amide bonds. The fraction of sp³-hybridized carbons (Fsp3) is 0.417. The second kappa shape index (κ2) is 8.46. The first-order valence-electron chi connectivity index (χ1n) is 10.9. The Labute approximate surface area is 194 Å². The molecule has 0 radical (unpaired) electrons. The summed E-state index contributed by atoms with van der Waals surface area (Å²) < 4.78 is 33.4. The molecular formula is C24H29N3O5S. The predicted octanol–water partition coefficient (Wildman–Crippen LogP) is 2.42. The van der Waals surface area contributed by atoms with Crippen LogP contribution in [0.3, 0.4) is 0 Å². The van der Waals surface area contributed by atoms with E-state index in [4.69, 9.17) is 4.74 Å². The lowest BCUT2D eigenvalue weighted by molar-refractivity contribution is -0.124. The Balaban J connectivity index is 1.53. The van der Waals surface area contributed by atoms with Crippen molar-refractivity contribution in [2.75, 3.05) is 25.6 Å². The second-order valence-corrected chi connectivity index (χ2v) is 10.9. The Kier molecular flexibility index (Phi) is 5.96. The molecule has 2 aromatic rings. The highest BCUT2D eigenvalue weighted by molar-refractivity contribution is 7.89. The number of nitrogens with one attached hydrogen (secondary N) is 1. The average Bonchev–Trinajstić information content (AvgIpc) is 3.37. The van der Waals surface area contributed by atoms with Crippen LogP contribution in [0.4, 0.5) is 5.69 Å². The SMILES string of the molecule is COc1ccc(CNC(=O)C2CCCN2S(=O)(=O)c2ccc3c(c2)C(C)(C)C(=O)N3C)cc1. The molecule has 9 heteroatoms. The zero-order valence-corrected chi connectivity index (χ0v) is 20.1. The summed E-state index contributed by atoms with van der Waals surface area (Å²) in [6.07, 6.45) is 1.07. The third-order valence-corrected chi connectivity index (χ3v) is 8.48. The van der Waals surface area contributed by atoms with Gasteiger partial charge in [-0.1, -0.05) is 12.1 Å². The van der Waals surface area contributed by atoms with Crippen molar-refractivity contribution in [3.63, 3.8) is 0 Å². The van der Waals surface area contributed by atoms with Gasteiger partial charge >= 0.3 is 0 Å². The van der Waals surface area contributed by atoms with Gasteiger partial charge in [-0.2, -0.15) is 4.31 Å². The van der Waals surface area contributed by atoms with Crippen molar-refractivity contribution >= 4 is 27.5 Å². The van der Waals surface area contributed by atoms with Crippen molar-refractivity contribution in [2.45, 2.75) is 49.6 Å². The monoisotopic (exact) mass is 471 g/mol. The van der Waals surface area contributed by atoms with Gasteiger partial charge in [0.25, 0.3) is 0 Å². The molecule has 2 aliphatic heterocycles. The predicted molar refractivity (Wildman–Crippen MR) is 125 cm³/mol. The molecule has 2 heterocycles. The number of carbonyl (C=O) groups excluding carboxylic acids is 2. The van der Waals surface area contributed by atoms with E-state index in [2.05, 4.69) is 5.32 Å². The smallest absolute Gasteiger partial charge is 0.243 e. The largest absolute Gasteiger partial charge is 0.497 e. The molecule has 33 heavy (non-hydrogen) atoms. The van der Waals surface area contributed by atoms with E-state index in [9.17, 15) is 18.0 Å². The number of sulfonamides is 1. The van der Waals surface area contributed by atoms with Crippen LogP contribution in [0, 0.1) is 0 Å². The summed E-state index contributed by atoms with van der Waals surface area (Å²) in [5, 5.41) is 2.86. The molecule has 0 saturated carbocycles. The Bertz CT molecular complexity index is 1190. The topological polar surface area (TPSA) is 96.0 Å². The molecule has 1 fully saturated rings. The van der Waals surface area contributed by atoms with E-state index < -0.39 is 21.5 Å². The summed E-state index contributed by atoms with van der Waals surface area (Å²) in [6, 6.07) is 11.3. The first kappa shape index (κ1) is 23.3. The zero-order chi connectivity index (χ0) is 24.0. The molecule has 4 rings (SSSR count). The fourth-order valence-corrected chi connectivity index (χ4v) is 6.27. The summed E-state index contributed by atoms with van der Waals surface area (Å²) in [5.41, 5.74) is 1.47. The number of ether oxygens (including phenoxy) is 1. The molecule has 1 atom stereocenters. The van der Waals surface area contributed by atoms with Crippen molar-refractivity contribution in [1.82, 2.24) is 9.62 Å². The fourth-order valence-electron chi connectivity index (χ4n) is 4.59. The van der Waals surface area contributed by atoms with Crippen LogP contribution in [0.25, 0.3) is 0 Å².